The molecule has 92 valence electrons. The van der Waals surface area contributed by atoms with Gasteiger partial charge < -0.3 is 5.32 Å². The van der Waals surface area contributed by atoms with Crippen LogP contribution in [-0.4, -0.2) is 6.54 Å². The van der Waals surface area contributed by atoms with E-state index in [2.05, 4.69) is 29.6 Å². The van der Waals surface area contributed by atoms with Gasteiger partial charge in [0.1, 0.15) is 5.82 Å². The van der Waals surface area contributed by atoms with Crippen LogP contribution in [0.4, 0.5) is 10.1 Å². The zero-order valence-corrected chi connectivity index (χ0v) is 10.4. The molecule has 1 N–H and O–H groups in total. The Labute approximate surface area is 107 Å². The molecule has 1 aliphatic carbocycles. The fourth-order valence-corrected chi connectivity index (χ4v) is 2.63. The summed E-state index contributed by atoms with van der Waals surface area (Å²) >= 11 is 0. The molecule has 3 rings (SSSR count). The summed E-state index contributed by atoms with van der Waals surface area (Å²) in [7, 11) is 0. The molecule has 2 aromatic rings. The number of benzene rings is 2. The molecular formula is C16H16FN. The molecule has 0 aromatic heterocycles. The van der Waals surface area contributed by atoms with E-state index in [4.69, 9.17) is 0 Å². The average Bonchev–Trinajstić information content (AvgIpc) is 2.33. The Balaban J connectivity index is 1.70. The number of hydrogen-bond acceptors (Lipinski definition) is 1. The van der Waals surface area contributed by atoms with E-state index in [1.807, 2.05) is 13.0 Å². The number of hydrogen-bond donors (Lipinski definition) is 1. The minimum Gasteiger partial charge on any atom is -0.382 e. The molecule has 0 aliphatic heterocycles. The van der Waals surface area contributed by atoms with Crippen LogP contribution in [0, 0.1) is 12.7 Å². The Kier molecular flexibility index (Phi) is 2.78. The van der Waals surface area contributed by atoms with Crippen molar-refractivity contribution in [1.82, 2.24) is 0 Å². The molecule has 1 unspecified atom stereocenters. The van der Waals surface area contributed by atoms with Gasteiger partial charge in [-0.05, 0) is 36.1 Å². The van der Waals surface area contributed by atoms with Crippen LogP contribution in [0.25, 0.3) is 0 Å². The topological polar surface area (TPSA) is 12.0 Å². The van der Waals surface area contributed by atoms with Crippen LogP contribution in [-0.2, 0) is 6.42 Å². The van der Waals surface area contributed by atoms with Gasteiger partial charge in [-0.15, -0.1) is 0 Å². The molecule has 0 fully saturated rings. The number of aryl methyl sites for hydroxylation is 1. The van der Waals surface area contributed by atoms with Crippen molar-refractivity contribution >= 4 is 5.69 Å². The number of anilines is 1. The summed E-state index contributed by atoms with van der Waals surface area (Å²) < 4.78 is 13.7. The minimum absolute atomic E-state index is 0.164. The van der Waals surface area contributed by atoms with Crippen LogP contribution in [0.2, 0.25) is 0 Å². The van der Waals surface area contributed by atoms with Gasteiger partial charge in [0.15, 0.2) is 0 Å². The molecule has 1 aliphatic rings. The fourth-order valence-electron chi connectivity index (χ4n) is 2.63. The maximum Gasteiger partial charge on any atom is 0.146 e. The van der Waals surface area contributed by atoms with Gasteiger partial charge in [-0.3, -0.25) is 0 Å². The van der Waals surface area contributed by atoms with Crippen molar-refractivity contribution in [3.63, 3.8) is 0 Å². The predicted molar refractivity (Wildman–Crippen MR) is 72.5 cm³/mol. The molecule has 0 amide bonds. The number of fused-ring (bicyclic) bond motifs is 1. The van der Waals surface area contributed by atoms with E-state index in [9.17, 15) is 4.39 Å². The van der Waals surface area contributed by atoms with Crippen molar-refractivity contribution in [3.05, 3.63) is 65.0 Å². The Bertz CT molecular complexity index is 557. The van der Waals surface area contributed by atoms with E-state index < -0.39 is 0 Å². The third kappa shape index (κ3) is 1.88. The zero-order valence-electron chi connectivity index (χ0n) is 10.4. The molecule has 0 saturated heterocycles. The van der Waals surface area contributed by atoms with E-state index in [-0.39, 0.29) is 5.82 Å². The van der Waals surface area contributed by atoms with Crippen molar-refractivity contribution in [2.45, 2.75) is 19.3 Å². The molecule has 1 atom stereocenters. The summed E-state index contributed by atoms with van der Waals surface area (Å²) in [5.41, 5.74) is 4.43. The first kappa shape index (κ1) is 11.3. The molecule has 0 radical (unpaired) electrons. The van der Waals surface area contributed by atoms with Crippen LogP contribution in [0.5, 0.6) is 0 Å². The zero-order chi connectivity index (χ0) is 12.5. The van der Waals surface area contributed by atoms with Crippen molar-refractivity contribution in [2.24, 2.45) is 0 Å². The van der Waals surface area contributed by atoms with Crippen LogP contribution in [0.15, 0.2) is 42.5 Å². The minimum atomic E-state index is -0.164. The van der Waals surface area contributed by atoms with E-state index >= 15 is 0 Å². The highest BCUT2D eigenvalue weighted by Crippen LogP contribution is 2.35. The van der Waals surface area contributed by atoms with Crippen LogP contribution in [0.3, 0.4) is 0 Å². The lowest BCUT2D eigenvalue weighted by Gasteiger charge is -2.30. The molecule has 2 aromatic carbocycles. The van der Waals surface area contributed by atoms with Crippen molar-refractivity contribution < 1.29 is 4.39 Å². The summed E-state index contributed by atoms with van der Waals surface area (Å²) in [5, 5.41) is 3.25. The van der Waals surface area contributed by atoms with Gasteiger partial charge in [0.2, 0.25) is 0 Å². The van der Waals surface area contributed by atoms with Gasteiger partial charge >= 0.3 is 0 Å². The van der Waals surface area contributed by atoms with Gasteiger partial charge in [-0.25, -0.2) is 4.39 Å². The lowest BCUT2D eigenvalue weighted by Crippen LogP contribution is -2.24. The summed E-state index contributed by atoms with van der Waals surface area (Å²) in [4.78, 5) is 0. The lowest BCUT2D eigenvalue weighted by molar-refractivity contribution is 0.613. The molecule has 2 heteroatoms. The first-order valence-corrected chi connectivity index (χ1v) is 6.32. The lowest BCUT2D eigenvalue weighted by atomic mass is 9.77. The predicted octanol–water partition coefficient (Wildman–Crippen LogP) is 3.89. The van der Waals surface area contributed by atoms with Crippen LogP contribution < -0.4 is 5.32 Å². The number of rotatable bonds is 3. The quantitative estimate of drug-likeness (QED) is 0.859. The van der Waals surface area contributed by atoms with Crippen molar-refractivity contribution in [1.29, 1.82) is 0 Å². The second kappa shape index (κ2) is 4.45. The summed E-state index contributed by atoms with van der Waals surface area (Å²) in [6.45, 7) is 2.74. The Hall–Kier alpha value is -1.83. The van der Waals surface area contributed by atoms with Gasteiger partial charge in [-0.1, -0.05) is 36.4 Å². The highest BCUT2D eigenvalue weighted by atomic mass is 19.1. The highest BCUT2D eigenvalue weighted by molar-refractivity contribution is 5.52. The first-order valence-electron chi connectivity index (χ1n) is 6.32. The maximum absolute atomic E-state index is 13.7. The monoisotopic (exact) mass is 241 g/mol. The van der Waals surface area contributed by atoms with Crippen molar-refractivity contribution in [3.8, 4) is 0 Å². The van der Waals surface area contributed by atoms with Gasteiger partial charge in [0.05, 0.1) is 5.69 Å². The second-order valence-corrected chi connectivity index (χ2v) is 4.91. The molecule has 0 spiro atoms. The number of nitrogens with one attached hydrogen (secondary N) is 1. The Morgan fingerprint density at radius 2 is 2.00 bits per heavy atom. The third-order valence-electron chi connectivity index (χ3n) is 3.71. The van der Waals surface area contributed by atoms with Crippen molar-refractivity contribution in [2.75, 3.05) is 11.9 Å². The highest BCUT2D eigenvalue weighted by Gasteiger charge is 2.25. The summed E-state index contributed by atoms with van der Waals surface area (Å²) in [6, 6.07) is 13.7. The SMILES string of the molecule is Cc1cccc(F)c1NCC1Cc2ccccc21. The first-order chi connectivity index (χ1) is 8.75. The van der Waals surface area contributed by atoms with E-state index in [0.717, 1.165) is 18.5 Å². The van der Waals surface area contributed by atoms with Gasteiger partial charge in [0.25, 0.3) is 0 Å². The van der Waals surface area contributed by atoms with Crippen LogP contribution in [0.1, 0.15) is 22.6 Å². The summed E-state index contributed by atoms with van der Waals surface area (Å²) in [6.07, 6.45) is 1.09. The molecule has 18 heavy (non-hydrogen) atoms. The molecule has 1 nitrogen and oxygen atoms in total. The number of halogens is 1. The van der Waals surface area contributed by atoms with Gasteiger partial charge in [-0.2, -0.15) is 0 Å². The van der Waals surface area contributed by atoms with E-state index in [0.29, 0.717) is 11.6 Å². The van der Waals surface area contributed by atoms with E-state index in [1.54, 1.807) is 6.07 Å². The largest absolute Gasteiger partial charge is 0.382 e. The van der Waals surface area contributed by atoms with E-state index in [1.165, 1.54) is 17.2 Å². The van der Waals surface area contributed by atoms with Crippen LogP contribution >= 0.6 is 0 Å². The standard InChI is InChI=1S/C16H16FN/c1-11-5-4-8-15(17)16(11)18-10-13-9-12-6-2-3-7-14(12)13/h2-8,13,18H,9-10H2,1H3. The molecule has 0 bridgehead atoms. The number of para-hydroxylation sites is 1. The maximum atomic E-state index is 13.7. The second-order valence-electron chi connectivity index (χ2n) is 4.91. The smallest absolute Gasteiger partial charge is 0.146 e. The third-order valence-corrected chi connectivity index (χ3v) is 3.71. The normalized spacial score (nSPS) is 16.9. The Morgan fingerprint density at radius 3 is 2.78 bits per heavy atom. The average molecular weight is 241 g/mol. The van der Waals surface area contributed by atoms with Gasteiger partial charge in [0, 0.05) is 12.5 Å². The summed E-state index contributed by atoms with van der Waals surface area (Å²) in [5.74, 6) is 0.350. The fraction of sp³-hybridized carbons (Fsp3) is 0.250. The molecular weight excluding hydrogens is 225 g/mol. The Morgan fingerprint density at radius 1 is 1.17 bits per heavy atom. The molecule has 0 saturated carbocycles. The molecule has 0 heterocycles.